The van der Waals surface area contributed by atoms with E-state index in [1.165, 1.54) is 16.8 Å². The van der Waals surface area contributed by atoms with Gasteiger partial charge in [0.2, 0.25) is 5.78 Å². The summed E-state index contributed by atoms with van der Waals surface area (Å²) in [5.41, 5.74) is 7.84. The van der Waals surface area contributed by atoms with Crippen molar-refractivity contribution < 1.29 is 4.79 Å². The average Bonchev–Trinajstić information content (AvgIpc) is 2.80. The van der Waals surface area contributed by atoms with Crippen LogP contribution >= 0.6 is 24.0 Å². The van der Waals surface area contributed by atoms with Crippen molar-refractivity contribution in [3.05, 3.63) is 98.9 Å². The first-order chi connectivity index (χ1) is 14.5. The zero-order chi connectivity index (χ0) is 21.1. The molecule has 2 aromatic carbocycles. The predicted molar refractivity (Wildman–Crippen MR) is 125 cm³/mol. The van der Waals surface area contributed by atoms with Gasteiger partial charge in [-0.1, -0.05) is 54.1 Å². The molecule has 0 unspecified atom stereocenters. The summed E-state index contributed by atoms with van der Waals surface area (Å²) in [4.78, 5) is 25.3. The maximum absolute atomic E-state index is 12.8. The van der Waals surface area contributed by atoms with Crippen LogP contribution in [0, 0.1) is 0 Å². The topological polar surface area (TPSA) is 78.0 Å². The van der Waals surface area contributed by atoms with Crippen LogP contribution in [0.4, 0.5) is 0 Å². The van der Waals surface area contributed by atoms with Gasteiger partial charge in [0, 0.05) is 28.6 Å². The fraction of sp³-hybridized carbons (Fsp3) is 0.292. The first-order valence-corrected chi connectivity index (χ1v) is 10.6. The molecular weight excluding hydrogens is 433 g/mol. The maximum Gasteiger partial charge on any atom is 0.267 e. The second-order valence-corrected chi connectivity index (χ2v) is 8.36. The summed E-state index contributed by atoms with van der Waals surface area (Å²) in [6.45, 7) is 0.523. The van der Waals surface area contributed by atoms with Crippen LogP contribution < -0.4 is 11.3 Å². The molecule has 1 saturated carbocycles. The van der Waals surface area contributed by atoms with Crippen LogP contribution in [-0.4, -0.2) is 22.1 Å². The van der Waals surface area contributed by atoms with Crippen LogP contribution in [0.1, 0.15) is 53.3 Å². The Morgan fingerprint density at radius 2 is 1.77 bits per heavy atom. The van der Waals surface area contributed by atoms with Crippen molar-refractivity contribution in [2.75, 3.05) is 6.54 Å². The van der Waals surface area contributed by atoms with Crippen molar-refractivity contribution in [2.45, 2.75) is 37.1 Å². The number of nitrogens with zero attached hydrogens (tertiary/aromatic N) is 2. The minimum absolute atomic E-state index is 0. The number of nitrogens with two attached hydrogens (primary N) is 1. The van der Waals surface area contributed by atoms with Gasteiger partial charge in [-0.25, -0.2) is 4.68 Å². The Hall–Kier alpha value is -2.47. The van der Waals surface area contributed by atoms with Crippen molar-refractivity contribution >= 4 is 29.8 Å². The zero-order valence-electron chi connectivity index (χ0n) is 17.0. The molecule has 0 radical (unpaired) electrons. The Kier molecular flexibility index (Phi) is 7.31. The van der Waals surface area contributed by atoms with Gasteiger partial charge in [-0.2, -0.15) is 5.10 Å². The van der Waals surface area contributed by atoms with Crippen LogP contribution in [0.5, 0.6) is 0 Å². The smallest absolute Gasteiger partial charge is 0.267 e. The molecule has 0 spiro atoms. The first-order valence-electron chi connectivity index (χ1n) is 10.2. The van der Waals surface area contributed by atoms with E-state index in [9.17, 15) is 9.59 Å². The van der Waals surface area contributed by atoms with Gasteiger partial charge >= 0.3 is 0 Å². The number of carbonyl (C=O) groups excluding carboxylic acids is 1. The third-order valence-corrected chi connectivity index (χ3v) is 6.41. The molecule has 1 aliphatic carbocycles. The van der Waals surface area contributed by atoms with Crippen molar-refractivity contribution in [3.8, 4) is 0 Å². The Bertz CT molecular complexity index is 1110. The third kappa shape index (κ3) is 4.74. The summed E-state index contributed by atoms with van der Waals surface area (Å²) in [6.07, 6.45) is 3.19. The molecule has 1 fully saturated rings. The van der Waals surface area contributed by atoms with Gasteiger partial charge in [-0.05, 0) is 49.4 Å². The van der Waals surface area contributed by atoms with Crippen molar-refractivity contribution in [1.29, 1.82) is 0 Å². The van der Waals surface area contributed by atoms with E-state index < -0.39 is 0 Å². The van der Waals surface area contributed by atoms with E-state index in [1.54, 1.807) is 12.1 Å². The highest BCUT2D eigenvalue weighted by Gasteiger charge is 2.37. The van der Waals surface area contributed by atoms with E-state index in [0.717, 1.165) is 31.2 Å². The Morgan fingerprint density at radius 1 is 1.06 bits per heavy atom. The van der Waals surface area contributed by atoms with Gasteiger partial charge in [0.15, 0.2) is 0 Å². The lowest BCUT2D eigenvalue weighted by Crippen LogP contribution is -2.41. The Morgan fingerprint density at radius 3 is 2.42 bits per heavy atom. The van der Waals surface area contributed by atoms with E-state index in [-0.39, 0.29) is 40.9 Å². The van der Waals surface area contributed by atoms with Gasteiger partial charge in [0.1, 0.15) is 5.69 Å². The van der Waals surface area contributed by atoms with Crippen molar-refractivity contribution in [2.24, 2.45) is 5.73 Å². The normalized spacial score (nSPS) is 20.6. The average molecular weight is 458 g/mol. The van der Waals surface area contributed by atoms with Gasteiger partial charge in [-0.15, -0.1) is 12.4 Å². The standard InChI is InChI=1S/C24H24ClN3O2.ClH/c25-19-8-4-7-18(15-19)24(16-26)13-11-20(12-14-24)28-22(29)10-9-21(27-28)23(30)17-5-2-1-3-6-17;/h1-10,15,20H,11-14,16,26H2;1H/t20-,24-;. The van der Waals surface area contributed by atoms with E-state index in [1.807, 2.05) is 36.4 Å². The van der Waals surface area contributed by atoms with Crippen molar-refractivity contribution in [1.82, 2.24) is 9.78 Å². The number of carbonyl (C=O) groups is 1. The van der Waals surface area contributed by atoms with Gasteiger partial charge in [-0.3, -0.25) is 9.59 Å². The van der Waals surface area contributed by atoms with Gasteiger partial charge in [0.05, 0.1) is 6.04 Å². The number of aromatic nitrogens is 2. The number of rotatable bonds is 5. The molecule has 0 saturated heterocycles. The fourth-order valence-electron chi connectivity index (χ4n) is 4.37. The third-order valence-electron chi connectivity index (χ3n) is 6.18. The van der Waals surface area contributed by atoms with Crippen molar-refractivity contribution in [3.63, 3.8) is 0 Å². The summed E-state index contributed by atoms with van der Waals surface area (Å²) < 4.78 is 1.48. The maximum atomic E-state index is 12.8. The lowest BCUT2D eigenvalue weighted by Gasteiger charge is -2.40. The number of hydrogen-bond acceptors (Lipinski definition) is 4. The number of benzene rings is 2. The second-order valence-electron chi connectivity index (χ2n) is 7.92. The minimum Gasteiger partial charge on any atom is -0.330 e. The molecule has 7 heteroatoms. The predicted octanol–water partition coefficient (Wildman–Crippen LogP) is 4.56. The monoisotopic (exact) mass is 457 g/mol. The molecule has 31 heavy (non-hydrogen) atoms. The zero-order valence-corrected chi connectivity index (χ0v) is 18.6. The number of halogens is 2. The molecule has 5 nitrogen and oxygen atoms in total. The summed E-state index contributed by atoms with van der Waals surface area (Å²) in [5, 5.41) is 5.14. The molecule has 0 bridgehead atoms. The van der Waals surface area contributed by atoms with Crippen LogP contribution in [0.25, 0.3) is 0 Å². The highest BCUT2D eigenvalue weighted by atomic mass is 35.5. The quantitative estimate of drug-likeness (QED) is 0.569. The Labute approximate surface area is 192 Å². The largest absolute Gasteiger partial charge is 0.330 e. The molecule has 2 N–H and O–H groups in total. The van der Waals surface area contributed by atoms with E-state index in [0.29, 0.717) is 17.1 Å². The fourth-order valence-corrected chi connectivity index (χ4v) is 4.56. The number of ketones is 1. The van der Waals surface area contributed by atoms with Crippen LogP contribution in [0.15, 0.2) is 71.5 Å². The van der Waals surface area contributed by atoms with Gasteiger partial charge in [0.25, 0.3) is 5.56 Å². The van der Waals surface area contributed by atoms with Crippen LogP contribution in [0.3, 0.4) is 0 Å². The van der Waals surface area contributed by atoms with Crippen LogP contribution in [-0.2, 0) is 5.41 Å². The first kappa shape index (κ1) is 23.2. The lowest BCUT2D eigenvalue weighted by molar-refractivity contribution is 0.103. The molecule has 1 aliphatic rings. The van der Waals surface area contributed by atoms with E-state index in [4.69, 9.17) is 17.3 Å². The SMILES string of the molecule is Cl.NC[C@]1(c2cccc(Cl)c2)CC[C@H](n2nc(C(=O)c3ccccc3)ccc2=O)CC1. The number of hydrogen-bond donors (Lipinski definition) is 1. The van der Waals surface area contributed by atoms with E-state index in [2.05, 4.69) is 11.2 Å². The highest BCUT2D eigenvalue weighted by Crippen LogP contribution is 2.42. The molecule has 0 atom stereocenters. The summed E-state index contributed by atoms with van der Waals surface area (Å²) >= 11 is 6.20. The molecule has 3 aromatic rings. The Balaban J connectivity index is 0.00000272. The van der Waals surface area contributed by atoms with Crippen LogP contribution in [0.2, 0.25) is 5.02 Å². The summed E-state index contributed by atoms with van der Waals surface area (Å²) in [5.74, 6) is -0.185. The highest BCUT2D eigenvalue weighted by molar-refractivity contribution is 6.30. The molecule has 1 aromatic heterocycles. The molecule has 4 rings (SSSR count). The summed E-state index contributed by atoms with van der Waals surface area (Å²) in [7, 11) is 0. The molecular formula is C24H25Cl2N3O2. The minimum atomic E-state index is -0.187. The van der Waals surface area contributed by atoms with E-state index >= 15 is 0 Å². The molecule has 162 valence electrons. The molecule has 0 amide bonds. The molecule has 1 heterocycles. The lowest BCUT2D eigenvalue weighted by atomic mass is 9.68. The second kappa shape index (κ2) is 9.77. The molecule has 0 aliphatic heterocycles. The van der Waals surface area contributed by atoms with Gasteiger partial charge < -0.3 is 5.73 Å². The summed E-state index contributed by atoms with van der Waals surface area (Å²) in [6, 6.07) is 19.7.